The molecule has 0 heterocycles. The molecule has 0 saturated heterocycles. The number of carboxylic acids is 1. The summed E-state index contributed by atoms with van der Waals surface area (Å²) in [5.74, 6) is -1.35. The topological polar surface area (TPSA) is 95.5 Å². The molecule has 1 aliphatic rings. The van der Waals surface area contributed by atoms with Crippen molar-refractivity contribution in [2.24, 2.45) is 11.3 Å². The largest absolute Gasteiger partial charge is 0.481 e. The number of carbonyl (C=O) groups is 3. The van der Waals surface area contributed by atoms with E-state index in [1.54, 1.807) is 25.1 Å². The monoisotopic (exact) mass is 360 g/mol. The number of carbonyl (C=O) groups excluding carboxylic acids is 2. The summed E-state index contributed by atoms with van der Waals surface area (Å²) in [6.45, 7) is 5.01. The Hall–Kier alpha value is -2.37. The Balaban J connectivity index is 2.26. The van der Waals surface area contributed by atoms with E-state index in [-0.39, 0.29) is 24.2 Å². The van der Waals surface area contributed by atoms with Crippen LogP contribution in [0.3, 0.4) is 0 Å². The minimum absolute atomic E-state index is 0.0613. The van der Waals surface area contributed by atoms with Crippen LogP contribution in [0.25, 0.3) is 0 Å². The number of hydrogen-bond acceptors (Lipinski definition) is 3. The lowest BCUT2D eigenvalue weighted by Gasteiger charge is -2.37. The molecule has 0 bridgehead atoms. The molecule has 1 aromatic rings. The standard InChI is InChI=1S/C20H28N2O4/c1-13-16(21-14(2)23)10-7-11-17(13)22-19(26)20(3,12-18(24)25)15-8-5-4-6-9-15/h7,10-11,15H,4-6,8-9,12H2,1-3H3,(H,21,23)(H,22,26)(H,24,25)/t20-/m0/s1. The van der Waals surface area contributed by atoms with Crippen molar-refractivity contribution >= 4 is 29.2 Å². The summed E-state index contributed by atoms with van der Waals surface area (Å²) in [5.41, 5.74) is 1.02. The van der Waals surface area contributed by atoms with E-state index >= 15 is 0 Å². The van der Waals surface area contributed by atoms with Crippen LogP contribution >= 0.6 is 0 Å². The molecule has 1 aliphatic carbocycles. The maximum atomic E-state index is 13.1. The lowest BCUT2D eigenvalue weighted by Crippen LogP contribution is -2.42. The molecule has 142 valence electrons. The molecule has 0 spiro atoms. The number of rotatable bonds is 6. The van der Waals surface area contributed by atoms with Crippen molar-refractivity contribution < 1.29 is 19.5 Å². The molecule has 0 radical (unpaired) electrons. The number of amides is 2. The third-order valence-corrected chi connectivity index (χ3v) is 5.44. The number of aliphatic carboxylic acids is 1. The van der Waals surface area contributed by atoms with Crippen molar-refractivity contribution in [3.05, 3.63) is 23.8 Å². The molecule has 26 heavy (non-hydrogen) atoms. The van der Waals surface area contributed by atoms with Gasteiger partial charge in [0.05, 0.1) is 11.8 Å². The Bertz CT molecular complexity index is 695. The number of hydrogen-bond donors (Lipinski definition) is 3. The van der Waals surface area contributed by atoms with Gasteiger partial charge < -0.3 is 15.7 Å². The quantitative estimate of drug-likeness (QED) is 0.716. The summed E-state index contributed by atoms with van der Waals surface area (Å²) in [5, 5.41) is 15.0. The average molecular weight is 360 g/mol. The van der Waals surface area contributed by atoms with Crippen LogP contribution in [0.15, 0.2) is 18.2 Å². The van der Waals surface area contributed by atoms with Crippen LogP contribution in [0.1, 0.15) is 57.9 Å². The van der Waals surface area contributed by atoms with Gasteiger partial charge >= 0.3 is 5.97 Å². The van der Waals surface area contributed by atoms with E-state index in [2.05, 4.69) is 10.6 Å². The number of nitrogens with one attached hydrogen (secondary N) is 2. The zero-order chi connectivity index (χ0) is 19.3. The van der Waals surface area contributed by atoms with Crippen LogP contribution in [0.4, 0.5) is 11.4 Å². The smallest absolute Gasteiger partial charge is 0.304 e. The molecular formula is C20H28N2O4. The van der Waals surface area contributed by atoms with Gasteiger partial charge in [-0.1, -0.05) is 25.3 Å². The molecule has 0 aliphatic heterocycles. The Labute approximate surface area is 154 Å². The zero-order valence-electron chi connectivity index (χ0n) is 15.7. The van der Waals surface area contributed by atoms with Crippen molar-refractivity contribution in [2.75, 3.05) is 10.6 Å². The van der Waals surface area contributed by atoms with Gasteiger partial charge in [-0.25, -0.2) is 0 Å². The van der Waals surface area contributed by atoms with Gasteiger partial charge in [-0.15, -0.1) is 0 Å². The highest BCUT2D eigenvalue weighted by atomic mass is 16.4. The van der Waals surface area contributed by atoms with Gasteiger partial charge in [-0.2, -0.15) is 0 Å². The van der Waals surface area contributed by atoms with Crippen LogP contribution < -0.4 is 10.6 Å². The van der Waals surface area contributed by atoms with Crippen LogP contribution in [-0.4, -0.2) is 22.9 Å². The first-order valence-electron chi connectivity index (χ1n) is 9.14. The second-order valence-electron chi connectivity index (χ2n) is 7.44. The minimum atomic E-state index is -0.961. The summed E-state index contributed by atoms with van der Waals surface area (Å²) >= 11 is 0. The van der Waals surface area contributed by atoms with Crippen molar-refractivity contribution in [1.29, 1.82) is 0 Å². The van der Waals surface area contributed by atoms with Crippen LogP contribution in [0.2, 0.25) is 0 Å². The molecule has 0 unspecified atom stereocenters. The van der Waals surface area contributed by atoms with Crippen LogP contribution in [-0.2, 0) is 14.4 Å². The predicted octanol–water partition coefficient (Wildman–Crippen LogP) is 3.95. The molecule has 3 N–H and O–H groups in total. The van der Waals surface area contributed by atoms with Crippen molar-refractivity contribution in [3.8, 4) is 0 Å². The Morgan fingerprint density at radius 1 is 1.12 bits per heavy atom. The Kier molecular flexibility index (Phi) is 6.40. The lowest BCUT2D eigenvalue weighted by molar-refractivity contribution is -0.145. The third-order valence-electron chi connectivity index (χ3n) is 5.44. The van der Waals surface area contributed by atoms with Gasteiger partial charge in [0.15, 0.2) is 0 Å². The molecule has 1 saturated carbocycles. The first-order chi connectivity index (χ1) is 12.2. The summed E-state index contributed by atoms with van der Waals surface area (Å²) in [6, 6.07) is 5.29. The van der Waals surface area contributed by atoms with Gasteiger partial charge in [0, 0.05) is 18.3 Å². The second-order valence-corrected chi connectivity index (χ2v) is 7.44. The van der Waals surface area contributed by atoms with E-state index in [4.69, 9.17) is 0 Å². The summed E-state index contributed by atoms with van der Waals surface area (Å²) in [4.78, 5) is 35.8. The summed E-state index contributed by atoms with van der Waals surface area (Å²) in [7, 11) is 0. The van der Waals surface area contributed by atoms with Gasteiger partial charge in [0.1, 0.15) is 0 Å². The third kappa shape index (κ3) is 4.62. The molecule has 6 nitrogen and oxygen atoms in total. The maximum Gasteiger partial charge on any atom is 0.304 e. The number of anilines is 2. The lowest BCUT2D eigenvalue weighted by atomic mass is 9.67. The minimum Gasteiger partial charge on any atom is -0.481 e. The zero-order valence-corrected chi connectivity index (χ0v) is 15.7. The summed E-state index contributed by atoms with van der Waals surface area (Å²) in [6.07, 6.45) is 4.77. The highest BCUT2D eigenvalue weighted by molar-refractivity contribution is 5.99. The normalized spacial score (nSPS) is 17.2. The van der Waals surface area contributed by atoms with Gasteiger partial charge in [0.2, 0.25) is 11.8 Å². The van der Waals surface area contributed by atoms with Crippen molar-refractivity contribution in [1.82, 2.24) is 0 Å². The first kappa shape index (κ1) is 19.9. The number of carboxylic acid groups (broad SMARTS) is 1. The van der Waals surface area contributed by atoms with E-state index in [1.807, 2.05) is 6.92 Å². The van der Waals surface area contributed by atoms with Crippen LogP contribution in [0.5, 0.6) is 0 Å². The van der Waals surface area contributed by atoms with E-state index < -0.39 is 11.4 Å². The molecule has 6 heteroatoms. The fraction of sp³-hybridized carbons (Fsp3) is 0.550. The molecule has 1 aromatic carbocycles. The molecule has 1 atom stereocenters. The van der Waals surface area contributed by atoms with E-state index in [0.717, 1.165) is 37.7 Å². The van der Waals surface area contributed by atoms with Crippen molar-refractivity contribution in [2.45, 2.75) is 59.3 Å². The van der Waals surface area contributed by atoms with Gasteiger partial charge in [-0.05, 0) is 50.3 Å². The average Bonchev–Trinajstić information content (AvgIpc) is 2.58. The Morgan fingerprint density at radius 2 is 1.69 bits per heavy atom. The summed E-state index contributed by atoms with van der Waals surface area (Å²) < 4.78 is 0. The molecule has 1 fully saturated rings. The highest BCUT2D eigenvalue weighted by Gasteiger charge is 2.43. The SMILES string of the molecule is CC(=O)Nc1cccc(NC(=O)[C@@](C)(CC(=O)O)C2CCCCC2)c1C. The van der Waals surface area contributed by atoms with E-state index in [9.17, 15) is 19.5 Å². The van der Waals surface area contributed by atoms with E-state index in [0.29, 0.717) is 11.4 Å². The van der Waals surface area contributed by atoms with Gasteiger partial charge in [0.25, 0.3) is 0 Å². The molecular weight excluding hydrogens is 332 g/mol. The fourth-order valence-corrected chi connectivity index (χ4v) is 3.83. The second kappa shape index (κ2) is 8.34. The van der Waals surface area contributed by atoms with Crippen LogP contribution in [0, 0.1) is 18.3 Å². The highest BCUT2D eigenvalue weighted by Crippen LogP contribution is 2.42. The van der Waals surface area contributed by atoms with Crippen molar-refractivity contribution in [3.63, 3.8) is 0 Å². The maximum absolute atomic E-state index is 13.1. The number of benzene rings is 1. The fourth-order valence-electron chi connectivity index (χ4n) is 3.83. The predicted molar refractivity (Wildman–Crippen MR) is 101 cm³/mol. The molecule has 2 rings (SSSR count). The molecule has 0 aromatic heterocycles. The van der Waals surface area contributed by atoms with Gasteiger partial charge in [-0.3, -0.25) is 14.4 Å². The molecule has 2 amide bonds. The Morgan fingerprint density at radius 3 is 2.23 bits per heavy atom. The first-order valence-corrected chi connectivity index (χ1v) is 9.14. The van der Waals surface area contributed by atoms with E-state index in [1.165, 1.54) is 6.92 Å².